The van der Waals surface area contributed by atoms with E-state index in [2.05, 4.69) is 26.6 Å². The normalized spacial score (nSPS) is 11.7. The standard InChI is InChI=1S/C16H17BrN2O3/c1-11(12-5-3-2-4-6-12)9-18-15(20)10-19-16(21)13-7-8-14(17)22-13/h2-8,11H,9-10H2,1H3,(H,18,20)(H,19,21). The van der Waals surface area contributed by atoms with Crippen molar-refractivity contribution in [3.05, 3.63) is 58.5 Å². The van der Waals surface area contributed by atoms with Crippen molar-refractivity contribution in [1.29, 1.82) is 0 Å². The molecule has 1 heterocycles. The van der Waals surface area contributed by atoms with Crippen molar-refractivity contribution in [2.24, 2.45) is 0 Å². The molecular weight excluding hydrogens is 348 g/mol. The average molecular weight is 365 g/mol. The Bertz CT molecular complexity index is 640. The third kappa shape index (κ3) is 4.73. The Morgan fingerprint density at radius 2 is 1.86 bits per heavy atom. The van der Waals surface area contributed by atoms with Gasteiger partial charge in [-0.05, 0) is 39.5 Å². The smallest absolute Gasteiger partial charge is 0.287 e. The molecule has 0 aliphatic carbocycles. The van der Waals surface area contributed by atoms with Crippen LogP contribution in [0.2, 0.25) is 0 Å². The molecule has 0 fully saturated rings. The fraction of sp³-hybridized carbons (Fsp3) is 0.250. The minimum atomic E-state index is -0.419. The molecule has 2 aromatic rings. The summed E-state index contributed by atoms with van der Waals surface area (Å²) in [4.78, 5) is 23.5. The highest BCUT2D eigenvalue weighted by Gasteiger charge is 2.12. The van der Waals surface area contributed by atoms with Crippen LogP contribution in [0.3, 0.4) is 0 Å². The molecule has 1 aromatic carbocycles. The molecule has 1 unspecified atom stereocenters. The van der Waals surface area contributed by atoms with Gasteiger partial charge in [0.1, 0.15) is 0 Å². The van der Waals surface area contributed by atoms with Gasteiger partial charge in [0, 0.05) is 6.54 Å². The second-order valence-electron chi connectivity index (χ2n) is 4.90. The maximum atomic E-state index is 11.8. The predicted molar refractivity (Wildman–Crippen MR) is 86.6 cm³/mol. The van der Waals surface area contributed by atoms with E-state index >= 15 is 0 Å². The first kappa shape index (κ1) is 16.3. The lowest BCUT2D eigenvalue weighted by atomic mass is 10.0. The highest BCUT2D eigenvalue weighted by Crippen LogP contribution is 2.14. The van der Waals surface area contributed by atoms with E-state index in [9.17, 15) is 9.59 Å². The van der Waals surface area contributed by atoms with Gasteiger partial charge in [0.15, 0.2) is 10.4 Å². The number of furan rings is 1. The van der Waals surface area contributed by atoms with Crippen molar-refractivity contribution in [3.63, 3.8) is 0 Å². The van der Waals surface area contributed by atoms with Gasteiger partial charge < -0.3 is 15.1 Å². The van der Waals surface area contributed by atoms with Gasteiger partial charge in [-0.3, -0.25) is 9.59 Å². The van der Waals surface area contributed by atoms with Gasteiger partial charge in [-0.1, -0.05) is 37.3 Å². The minimum absolute atomic E-state index is 0.0847. The lowest BCUT2D eigenvalue weighted by Crippen LogP contribution is -2.38. The number of carbonyl (C=O) groups is 2. The van der Waals surface area contributed by atoms with Crippen LogP contribution in [0.25, 0.3) is 0 Å². The molecule has 0 spiro atoms. The summed E-state index contributed by atoms with van der Waals surface area (Å²) in [7, 11) is 0. The van der Waals surface area contributed by atoms with E-state index in [-0.39, 0.29) is 24.1 Å². The van der Waals surface area contributed by atoms with Gasteiger partial charge in [0.25, 0.3) is 5.91 Å². The monoisotopic (exact) mass is 364 g/mol. The fourth-order valence-electron chi connectivity index (χ4n) is 1.91. The summed E-state index contributed by atoms with van der Waals surface area (Å²) < 4.78 is 5.58. The highest BCUT2D eigenvalue weighted by atomic mass is 79.9. The zero-order chi connectivity index (χ0) is 15.9. The summed E-state index contributed by atoms with van der Waals surface area (Å²) in [5.41, 5.74) is 1.16. The van der Waals surface area contributed by atoms with Crippen LogP contribution in [0.4, 0.5) is 0 Å². The average Bonchev–Trinajstić information content (AvgIpc) is 2.97. The van der Waals surface area contributed by atoms with E-state index < -0.39 is 5.91 Å². The largest absolute Gasteiger partial charge is 0.444 e. The van der Waals surface area contributed by atoms with Crippen LogP contribution in [-0.4, -0.2) is 24.9 Å². The van der Waals surface area contributed by atoms with Crippen molar-refractivity contribution in [1.82, 2.24) is 10.6 Å². The summed E-state index contributed by atoms with van der Waals surface area (Å²) in [6.45, 7) is 2.47. The van der Waals surface area contributed by atoms with Crippen LogP contribution in [0.5, 0.6) is 0 Å². The number of halogens is 1. The quantitative estimate of drug-likeness (QED) is 0.827. The molecule has 2 N–H and O–H groups in total. The summed E-state index contributed by atoms with van der Waals surface area (Å²) in [5, 5.41) is 5.31. The first-order valence-electron chi connectivity index (χ1n) is 6.91. The number of hydrogen-bond acceptors (Lipinski definition) is 3. The van der Waals surface area contributed by atoms with Crippen LogP contribution >= 0.6 is 15.9 Å². The van der Waals surface area contributed by atoms with E-state index in [0.29, 0.717) is 11.2 Å². The number of hydrogen-bond donors (Lipinski definition) is 2. The number of benzene rings is 1. The van der Waals surface area contributed by atoms with Gasteiger partial charge in [-0.25, -0.2) is 0 Å². The summed E-state index contributed by atoms with van der Waals surface area (Å²) in [5.74, 6) is -0.280. The Labute approximate surface area is 137 Å². The molecule has 6 heteroatoms. The zero-order valence-electron chi connectivity index (χ0n) is 12.1. The van der Waals surface area contributed by atoms with Gasteiger partial charge >= 0.3 is 0 Å². The van der Waals surface area contributed by atoms with E-state index in [4.69, 9.17) is 4.42 Å². The van der Waals surface area contributed by atoms with E-state index in [1.165, 1.54) is 6.07 Å². The molecule has 1 atom stereocenters. The Morgan fingerprint density at radius 3 is 2.50 bits per heavy atom. The van der Waals surface area contributed by atoms with Crippen LogP contribution in [0.1, 0.15) is 29.0 Å². The first-order valence-corrected chi connectivity index (χ1v) is 7.70. The van der Waals surface area contributed by atoms with Gasteiger partial charge in [-0.15, -0.1) is 0 Å². The molecule has 0 aliphatic heterocycles. The van der Waals surface area contributed by atoms with E-state index in [1.807, 2.05) is 37.3 Å². The third-order valence-electron chi connectivity index (χ3n) is 3.18. The summed E-state index contributed by atoms with van der Waals surface area (Å²) in [6.07, 6.45) is 0. The van der Waals surface area contributed by atoms with Crippen molar-refractivity contribution >= 4 is 27.7 Å². The molecule has 0 radical (unpaired) electrons. The highest BCUT2D eigenvalue weighted by molar-refractivity contribution is 9.10. The van der Waals surface area contributed by atoms with E-state index in [0.717, 1.165) is 5.56 Å². The predicted octanol–water partition coefficient (Wildman–Crippen LogP) is 2.69. The fourth-order valence-corrected chi connectivity index (χ4v) is 2.22. The molecular formula is C16H17BrN2O3. The Balaban J connectivity index is 1.73. The molecule has 0 bridgehead atoms. The van der Waals surface area contributed by atoms with Gasteiger partial charge in [0.2, 0.25) is 5.91 Å². The molecule has 116 valence electrons. The summed E-state index contributed by atoms with van der Waals surface area (Å²) >= 11 is 3.12. The van der Waals surface area contributed by atoms with Crippen LogP contribution in [-0.2, 0) is 4.79 Å². The van der Waals surface area contributed by atoms with Crippen LogP contribution < -0.4 is 10.6 Å². The Kier molecular flexibility index (Phi) is 5.77. The molecule has 1 aromatic heterocycles. The zero-order valence-corrected chi connectivity index (χ0v) is 13.7. The molecule has 0 saturated carbocycles. The third-order valence-corrected chi connectivity index (χ3v) is 3.61. The lowest BCUT2D eigenvalue weighted by Gasteiger charge is -2.13. The number of carbonyl (C=O) groups excluding carboxylic acids is 2. The number of amides is 2. The summed E-state index contributed by atoms with van der Waals surface area (Å²) in [6, 6.07) is 13.1. The first-order chi connectivity index (χ1) is 10.6. The molecule has 22 heavy (non-hydrogen) atoms. The SMILES string of the molecule is CC(CNC(=O)CNC(=O)c1ccc(Br)o1)c1ccccc1. The Morgan fingerprint density at radius 1 is 1.14 bits per heavy atom. The molecule has 2 amide bonds. The molecule has 0 aliphatic rings. The number of rotatable bonds is 6. The molecule has 0 saturated heterocycles. The topological polar surface area (TPSA) is 71.3 Å². The second-order valence-corrected chi connectivity index (χ2v) is 5.68. The van der Waals surface area contributed by atoms with Crippen LogP contribution in [0, 0.1) is 0 Å². The van der Waals surface area contributed by atoms with Crippen LogP contribution in [0.15, 0.2) is 51.6 Å². The number of nitrogens with one attached hydrogen (secondary N) is 2. The van der Waals surface area contributed by atoms with Crippen molar-refractivity contribution in [2.45, 2.75) is 12.8 Å². The maximum absolute atomic E-state index is 11.8. The molecule has 2 rings (SSSR count). The molecule has 5 nitrogen and oxygen atoms in total. The van der Waals surface area contributed by atoms with E-state index in [1.54, 1.807) is 6.07 Å². The lowest BCUT2D eigenvalue weighted by molar-refractivity contribution is -0.120. The van der Waals surface area contributed by atoms with Crippen molar-refractivity contribution in [3.8, 4) is 0 Å². The van der Waals surface area contributed by atoms with Crippen molar-refractivity contribution < 1.29 is 14.0 Å². The van der Waals surface area contributed by atoms with Gasteiger partial charge in [0.05, 0.1) is 6.54 Å². The minimum Gasteiger partial charge on any atom is -0.444 e. The van der Waals surface area contributed by atoms with Crippen molar-refractivity contribution in [2.75, 3.05) is 13.1 Å². The maximum Gasteiger partial charge on any atom is 0.287 e. The Hall–Kier alpha value is -2.08. The van der Waals surface area contributed by atoms with Gasteiger partial charge in [-0.2, -0.15) is 0 Å². The second kappa shape index (κ2) is 7.79.